The van der Waals surface area contributed by atoms with Gasteiger partial charge in [0.15, 0.2) is 5.96 Å². The molecule has 1 fully saturated rings. The van der Waals surface area contributed by atoms with Crippen LogP contribution < -0.4 is 10.6 Å². The van der Waals surface area contributed by atoms with E-state index >= 15 is 0 Å². The molecule has 0 radical (unpaired) electrons. The first-order chi connectivity index (χ1) is 13.7. The van der Waals surface area contributed by atoms with E-state index in [9.17, 15) is 4.79 Å². The average molecular weight is 383 g/mol. The Morgan fingerprint density at radius 3 is 2.57 bits per heavy atom. The molecular weight excluding hydrogens is 352 g/mol. The molecule has 2 aromatic rings. The topological polar surface area (TPSA) is 74.6 Å². The quantitative estimate of drug-likeness (QED) is 0.587. The lowest BCUT2D eigenvalue weighted by atomic mass is 9.90. The zero-order valence-corrected chi connectivity index (χ0v) is 16.8. The van der Waals surface area contributed by atoms with Gasteiger partial charge in [-0.15, -0.1) is 0 Å². The monoisotopic (exact) mass is 382 g/mol. The summed E-state index contributed by atoms with van der Waals surface area (Å²) in [7, 11) is 3.61. The normalized spacial score (nSPS) is 15.5. The molecule has 0 aliphatic carbocycles. The van der Waals surface area contributed by atoms with Crippen LogP contribution in [-0.4, -0.2) is 53.2 Å². The molecule has 7 nitrogen and oxygen atoms in total. The van der Waals surface area contributed by atoms with Crippen molar-refractivity contribution in [1.82, 2.24) is 25.3 Å². The number of hydrogen-bond donors (Lipinski definition) is 2. The lowest BCUT2D eigenvalue weighted by Crippen LogP contribution is -2.46. The van der Waals surface area contributed by atoms with Crippen molar-refractivity contribution in [3.63, 3.8) is 0 Å². The maximum atomic E-state index is 12.5. The fourth-order valence-electron chi connectivity index (χ4n) is 3.57. The van der Waals surface area contributed by atoms with Gasteiger partial charge in [0, 0.05) is 33.4 Å². The molecule has 2 N–H and O–H groups in total. The van der Waals surface area contributed by atoms with E-state index in [0.717, 1.165) is 38.0 Å². The van der Waals surface area contributed by atoms with E-state index in [1.54, 1.807) is 13.2 Å². The number of nitrogens with one attached hydrogen (secondary N) is 2. The van der Waals surface area contributed by atoms with Gasteiger partial charge in [0.05, 0.1) is 18.8 Å². The minimum Gasteiger partial charge on any atom is -0.351 e. The van der Waals surface area contributed by atoms with Crippen LogP contribution in [0, 0.1) is 5.92 Å². The van der Waals surface area contributed by atoms with E-state index in [4.69, 9.17) is 0 Å². The summed E-state index contributed by atoms with van der Waals surface area (Å²) in [6.45, 7) is 2.53. The molecule has 28 heavy (non-hydrogen) atoms. The first kappa shape index (κ1) is 19.9. The van der Waals surface area contributed by atoms with Crippen LogP contribution in [0.4, 0.5) is 0 Å². The molecule has 1 amide bonds. The first-order valence-electron chi connectivity index (χ1n) is 9.89. The summed E-state index contributed by atoms with van der Waals surface area (Å²) in [6.07, 6.45) is 4.99. The number of carbonyl (C=O) groups is 1. The van der Waals surface area contributed by atoms with Gasteiger partial charge < -0.3 is 15.5 Å². The molecule has 1 saturated heterocycles. The second-order valence-corrected chi connectivity index (χ2v) is 7.24. The van der Waals surface area contributed by atoms with E-state index in [2.05, 4.69) is 51.1 Å². The summed E-state index contributed by atoms with van der Waals surface area (Å²) in [4.78, 5) is 18.7. The van der Waals surface area contributed by atoms with E-state index in [1.807, 2.05) is 22.7 Å². The van der Waals surface area contributed by atoms with Gasteiger partial charge in [0.2, 0.25) is 5.91 Å². The van der Waals surface area contributed by atoms with E-state index in [-0.39, 0.29) is 12.5 Å². The summed E-state index contributed by atoms with van der Waals surface area (Å²) >= 11 is 0. The van der Waals surface area contributed by atoms with Crippen LogP contribution in [0.1, 0.15) is 24.1 Å². The van der Waals surface area contributed by atoms with Crippen LogP contribution in [-0.2, 0) is 24.8 Å². The number of benzene rings is 1. The summed E-state index contributed by atoms with van der Waals surface area (Å²) in [6, 6.07) is 12.6. The highest BCUT2D eigenvalue weighted by atomic mass is 16.2. The van der Waals surface area contributed by atoms with Crippen molar-refractivity contribution >= 4 is 11.9 Å². The predicted octanol–water partition coefficient (Wildman–Crippen LogP) is 1.57. The molecule has 0 spiro atoms. The van der Waals surface area contributed by atoms with Gasteiger partial charge in [-0.1, -0.05) is 30.3 Å². The van der Waals surface area contributed by atoms with Gasteiger partial charge in [-0.2, -0.15) is 5.10 Å². The molecule has 0 saturated carbocycles. The zero-order valence-electron chi connectivity index (χ0n) is 16.8. The van der Waals surface area contributed by atoms with Crippen molar-refractivity contribution in [3.8, 4) is 0 Å². The number of carbonyl (C=O) groups excluding carboxylic acids is 1. The molecule has 7 heteroatoms. The Bertz CT molecular complexity index is 777. The smallest absolute Gasteiger partial charge is 0.241 e. The average Bonchev–Trinajstić information content (AvgIpc) is 3.14. The molecular formula is C21H30N6O. The number of amides is 1. The van der Waals surface area contributed by atoms with Crippen molar-refractivity contribution in [2.45, 2.75) is 25.8 Å². The fraction of sp³-hybridized carbons (Fsp3) is 0.476. The van der Waals surface area contributed by atoms with Gasteiger partial charge in [-0.3, -0.25) is 14.5 Å². The van der Waals surface area contributed by atoms with Gasteiger partial charge in [0.25, 0.3) is 0 Å². The Balaban J connectivity index is 1.38. The SMILES string of the molecule is CN=C(NCC(=O)N1CCC(Cc2ccccc2)CC1)NCc1ccnn1C. The van der Waals surface area contributed by atoms with Crippen molar-refractivity contribution in [2.75, 3.05) is 26.7 Å². The largest absolute Gasteiger partial charge is 0.351 e. The van der Waals surface area contributed by atoms with Gasteiger partial charge in [-0.05, 0) is 36.8 Å². The molecule has 1 aromatic heterocycles. The molecule has 0 atom stereocenters. The number of aromatic nitrogens is 2. The fourth-order valence-corrected chi connectivity index (χ4v) is 3.57. The van der Waals surface area contributed by atoms with E-state index < -0.39 is 0 Å². The number of nitrogens with zero attached hydrogens (tertiary/aromatic N) is 4. The van der Waals surface area contributed by atoms with E-state index in [1.165, 1.54) is 5.56 Å². The number of likely N-dealkylation sites (tertiary alicyclic amines) is 1. The molecule has 2 heterocycles. The number of piperidine rings is 1. The second kappa shape index (κ2) is 9.92. The number of aryl methyl sites for hydroxylation is 1. The van der Waals surface area contributed by atoms with Crippen LogP contribution >= 0.6 is 0 Å². The Labute approximate surface area is 166 Å². The number of rotatable bonds is 6. The highest BCUT2D eigenvalue weighted by Crippen LogP contribution is 2.21. The van der Waals surface area contributed by atoms with Crippen molar-refractivity contribution < 1.29 is 4.79 Å². The van der Waals surface area contributed by atoms with E-state index in [0.29, 0.717) is 18.4 Å². The lowest BCUT2D eigenvalue weighted by molar-refractivity contribution is -0.131. The summed E-state index contributed by atoms with van der Waals surface area (Å²) < 4.78 is 1.81. The van der Waals surface area contributed by atoms with Gasteiger partial charge in [-0.25, -0.2) is 0 Å². The number of aliphatic imine (C=N–C) groups is 1. The highest BCUT2D eigenvalue weighted by molar-refractivity contribution is 5.86. The Kier molecular flexibility index (Phi) is 7.06. The molecule has 0 bridgehead atoms. The first-order valence-corrected chi connectivity index (χ1v) is 9.89. The molecule has 0 unspecified atom stereocenters. The highest BCUT2D eigenvalue weighted by Gasteiger charge is 2.22. The van der Waals surface area contributed by atoms with Crippen molar-refractivity contribution in [1.29, 1.82) is 0 Å². The lowest BCUT2D eigenvalue weighted by Gasteiger charge is -2.32. The van der Waals surface area contributed by atoms with Crippen LogP contribution in [0.5, 0.6) is 0 Å². The summed E-state index contributed by atoms with van der Waals surface area (Å²) in [5, 5.41) is 10.5. The zero-order chi connectivity index (χ0) is 19.8. The Morgan fingerprint density at radius 2 is 1.93 bits per heavy atom. The predicted molar refractivity (Wildman–Crippen MR) is 111 cm³/mol. The summed E-state index contributed by atoms with van der Waals surface area (Å²) in [5.74, 6) is 1.41. The maximum Gasteiger partial charge on any atom is 0.241 e. The van der Waals surface area contributed by atoms with Crippen LogP contribution in [0.3, 0.4) is 0 Å². The van der Waals surface area contributed by atoms with Crippen LogP contribution in [0.25, 0.3) is 0 Å². The minimum absolute atomic E-state index is 0.127. The third kappa shape index (κ3) is 5.58. The van der Waals surface area contributed by atoms with Gasteiger partial charge in [0.1, 0.15) is 0 Å². The Morgan fingerprint density at radius 1 is 1.18 bits per heavy atom. The molecule has 1 aromatic carbocycles. The van der Waals surface area contributed by atoms with Crippen LogP contribution in [0.2, 0.25) is 0 Å². The molecule has 1 aliphatic heterocycles. The number of guanidine groups is 1. The number of hydrogen-bond acceptors (Lipinski definition) is 3. The molecule has 1 aliphatic rings. The second-order valence-electron chi connectivity index (χ2n) is 7.24. The van der Waals surface area contributed by atoms with Gasteiger partial charge >= 0.3 is 0 Å². The Hall–Kier alpha value is -2.83. The van der Waals surface area contributed by atoms with Crippen molar-refractivity contribution in [3.05, 3.63) is 53.9 Å². The summed E-state index contributed by atoms with van der Waals surface area (Å²) in [5.41, 5.74) is 2.44. The minimum atomic E-state index is 0.127. The maximum absolute atomic E-state index is 12.5. The van der Waals surface area contributed by atoms with Crippen molar-refractivity contribution in [2.24, 2.45) is 18.0 Å². The van der Waals surface area contributed by atoms with Crippen LogP contribution in [0.15, 0.2) is 47.6 Å². The third-order valence-corrected chi connectivity index (χ3v) is 5.32. The third-order valence-electron chi connectivity index (χ3n) is 5.32. The standard InChI is InChI=1S/C21H30N6O/c1-22-21(23-15-19-8-11-25-26(19)2)24-16-20(28)27-12-9-18(10-13-27)14-17-6-4-3-5-7-17/h3-8,11,18H,9-10,12-16H2,1-2H3,(H2,22,23,24). The molecule has 150 valence electrons. The molecule has 3 rings (SSSR count).